The van der Waals surface area contributed by atoms with Crippen LogP contribution in [0, 0.1) is 18.7 Å². The van der Waals surface area contributed by atoms with E-state index in [1.165, 1.54) is 12.8 Å². The summed E-state index contributed by atoms with van der Waals surface area (Å²) in [5.74, 6) is 0.612. The number of benzene rings is 1. The maximum absolute atomic E-state index is 13.8. The van der Waals surface area contributed by atoms with Crippen LogP contribution in [-0.2, 0) is 0 Å². The summed E-state index contributed by atoms with van der Waals surface area (Å²) in [5, 5.41) is 0. The fourth-order valence-electron chi connectivity index (χ4n) is 3.06. The fraction of sp³-hybridized carbons (Fsp3) is 0.625. The molecule has 0 bridgehead atoms. The summed E-state index contributed by atoms with van der Waals surface area (Å²) < 4.78 is 13.8. The zero-order valence-electron chi connectivity index (χ0n) is 12.4. The molecular weight excluding hydrogens is 239 g/mol. The van der Waals surface area contributed by atoms with Gasteiger partial charge in [0.05, 0.1) is 0 Å². The molecule has 2 nitrogen and oxygen atoms in total. The van der Waals surface area contributed by atoms with Gasteiger partial charge < -0.3 is 10.6 Å². The number of hydrogen-bond donors (Lipinski definition) is 1. The minimum Gasteiger partial charge on any atom is -0.369 e. The lowest BCUT2D eigenvalue weighted by atomic mass is 9.91. The number of nitrogens with zero attached hydrogens (tertiary/aromatic N) is 1. The predicted octanol–water partition coefficient (Wildman–Crippen LogP) is 3.78. The van der Waals surface area contributed by atoms with Crippen LogP contribution < -0.4 is 10.6 Å². The Labute approximate surface area is 115 Å². The molecule has 3 unspecified atom stereocenters. The van der Waals surface area contributed by atoms with Gasteiger partial charge in [0.25, 0.3) is 0 Å². The van der Waals surface area contributed by atoms with Crippen LogP contribution >= 0.6 is 0 Å². The van der Waals surface area contributed by atoms with E-state index in [0.29, 0.717) is 11.6 Å². The second-order valence-corrected chi connectivity index (χ2v) is 6.12. The van der Waals surface area contributed by atoms with E-state index in [0.717, 1.165) is 23.7 Å². The average Bonchev–Trinajstić information content (AvgIpc) is 2.32. The first-order valence-electron chi connectivity index (χ1n) is 7.22. The predicted molar refractivity (Wildman–Crippen MR) is 78.9 cm³/mol. The Morgan fingerprint density at radius 1 is 1.37 bits per heavy atom. The molecule has 1 aromatic carbocycles. The molecule has 2 rings (SSSR count). The highest BCUT2D eigenvalue weighted by Gasteiger charge is 2.26. The molecule has 1 aromatic rings. The lowest BCUT2D eigenvalue weighted by molar-refractivity contribution is 0.377. The molecule has 0 saturated carbocycles. The molecule has 1 saturated heterocycles. The maximum atomic E-state index is 13.8. The van der Waals surface area contributed by atoms with Crippen molar-refractivity contribution in [3.8, 4) is 0 Å². The average molecular weight is 264 g/mol. The van der Waals surface area contributed by atoms with Gasteiger partial charge in [0.1, 0.15) is 5.82 Å². The summed E-state index contributed by atoms with van der Waals surface area (Å²) in [5.41, 5.74) is 8.76. The second kappa shape index (κ2) is 5.49. The summed E-state index contributed by atoms with van der Waals surface area (Å²) >= 11 is 0. The minimum absolute atomic E-state index is 0.142. The summed E-state index contributed by atoms with van der Waals surface area (Å²) in [4.78, 5) is 2.39. The van der Waals surface area contributed by atoms with Crippen molar-refractivity contribution in [1.82, 2.24) is 0 Å². The molecular formula is C16H25FN2. The third kappa shape index (κ3) is 2.92. The van der Waals surface area contributed by atoms with Crippen LogP contribution in [0.5, 0.6) is 0 Å². The number of rotatable bonds is 2. The van der Waals surface area contributed by atoms with Crippen LogP contribution in [0.1, 0.15) is 50.8 Å². The van der Waals surface area contributed by atoms with Crippen molar-refractivity contribution in [2.45, 2.75) is 52.6 Å². The Bertz CT molecular complexity index is 456. The van der Waals surface area contributed by atoms with Gasteiger partial charge in [-0.2, -0.15) is 0 Å². The van der Waals surface area contributed by atoms with Gasteiger partial charge in [-0.15, -0.1) is 0 Å². The molecule has 0 spiro atoms. The van der Waals surface area contributed by atoms with Crippen LogP contribution in [0.2, 0.25) is 0 Å². The number of hydrogen-bond acceptors (Lipinski definition) is 2. The molecule has 1 aliphatic heterocycles. The zero-order valence-corrected chi connectivity index (χ0v) is 12.4. The van der Waals surface area contributed by atoms with E-state index in [9.17, 15) is 4.39 Å². The van der Waals surface area contributed by atoms with Gasteiger partial charge in [-0.05, 0) is 62.8 Å². The highest BCUT2D eigenvalue weighted by molar-refractivity contribution is 5.58. The van der Waals surface area contributed by atoms with Crippen molar-refractivity contribution in [2.24, 2.45) is 11.7 Å². The molecule has 1 heterocycles. The number of piperidine rings is 1. The minimum atomic E-state index is -0.158. The van der Waals surface area contributed by atoms with Crippen molar-refractivity contribution in [1.29, 1.82) is 0 Å². The normalized spacial score (nSPS) is 25.5. The first-order valence-corrected chi connectivity index (χ1v) is 7.22. The Hall–Kier alpha value is -1.09. The van der Waals surface area contributed by atoms with Crippen molar-refractivity contribution < 1.29 is 4.39 Å². The fourth-order valence-corrected chi connectivity index (χ4v) is 3.06. The Balaban J connectivity index is 2.40. The number of halogens is 1. The number of aryl methyl sites for hydroxylation is 1. The van der Waals surface area contributed by atoms with Gasteiger partial charge in [0, 0.05) is 24.3 Å². The zero-order chi connectivity index (χ0) is 14.2. The lowest BCUT2D eigenvalue weighted by Gasteiger charge is -2.40. The molecule has 1 aliphatic rings. The van der Waals surface area contributed by atoms with Gasteiger partial charge in [0.15, 0.2) is 0 Å². The summed E-state index contributed by atoms with van der Waals surface area (Å²) in [6, 6.07) is 3.92. The van der Waals surface area contributed by atoms with Crippen molar-refractivity contribution in [3.63, 3.8) is 0 Å². The molecule has 1 fully saturated rings. The molecule has 19 heavy (non-hydrogen) atoms. The Kier molecular flexibility index (Phi) is 4.14. The molecule has 2 N–H and O–H groups in total. The second-order valence-electron chi connectivity index (χ2n) is 6.12. The van der Waals surface area contributed by atoms with Gasteiger partial charge in [-0.3, -0.25) is 0 Å². The van der Waals surface area contributed by atoms with Crippen LogP contribution in [0.4, 0.5) is 10.1 Å². The number of nitrogens with two attached hydrogens (primary N) is 1. The largest absolute Gasteiger partial charge is 0.369 e. The Morgan fingerprint density at radius 3 is 2.63 bits per heavy atom. The highest BCUT2D eigenvalue weighted by atomic mass is 19.1. The van der Waals surface area contributed by atoms with E-state index in [-0.39, 0.29) is 11.9 Å². The summed E-state index contributed by atoms with van der Waals surface area (Å²) in [6.45, 7) is 9.33. The quantitative estimate of drug-likeness (QED) is 0.881. The topological polar surface area (TPSA) is 29.3 Å². The molecule has 0 aromatic heterocycles. The van der Waals surface area contributed by atoms with Gasteiger partial charge >= 0.3 is 0 Å². The highest BCUT2D eigenvalue weighted by Crippen LogP contribution is 2.34. The molecule has 0 radical (unpaired) electrons. The molecule has 106 valence electrons. The number of anilines is 1. The maximum Gasteiger partial charge on any atom is 0.126 e. The van der Waals surface area contributed by atoms with E-state index in [1.54, 1.807) is 6.07 Å². The molecule has 3 heteroatoms. The van der Waals surface area contributed by atoms with E-state index < -0.39 is 0 Å². The summed E-state index contributed by atoms with van der Waals surface area (Å²) in [6.07, 6.45) is 2.38. The smallest absolute Gasteiger partial charge is 0.126 e. The van der Waals surface area contributed by atoms with Gasteiger partial charge in [0.2, 0.25) is 0 Å². The standard InChI is InChI=1S/C16H25FN2/c1-10-5-6-19(12(3)7-10)16-8-11(2)15(17)9-14(16)13(4)18/h8-10,12-13H,5-7,18H2,1-4H3. The van der Waals surface area contributed by atoms with E-state index in [2.05, 4.69) is 18.7 Å². The first kappa shape index (κ1) is 14.3. The van der Waals surface area contributed by atoms with Crippen molar-refractivity contribution >= 4 is 5.69 Å². The van der Waals surface area contributed by atoms with Crippen LogP contribution in [-0.4, -0.2) is 12.6 Å². The van der Waals surface area contributed by atoms with Crippen molar-refractivity contribution in [2.75, 3.05) is 11.4 Å². The first-order chi connectivity index (χ1) is 8.90. The van der Waals surface area contributed by atoms with Crippen LogP contribution in [0.25, 0.3) is 0 Å². The summed E-state index contributed by atoms with van der Waals surface area (Å²) in [7, 11) is 0. The third-order valence-corrected chi connectivity index (χ3v) is 4.25. The third-order valence-electron chi connectivity index (χ3n) is 4.25. The molecule has 0 amide bonds. The van der Waals surface area contributed by atoms with Crippen LogP contribution in [0.3, 0.4) is 0 Å². The Morgan fingerprint density at radius 2 is 2.05 bits per heavy atom. The van der Waals surface area contributed by atoms with Gasteiger partial charge in [-0.25, -0.2) is 4.39 Å². The van der Waals surface area contributed by atoms with Crippen molar-refractivity contribution in [3.05, 3.63) is 29.1 Å². The van der Waals surface area contributed by atoms with Crippen LogP contribution in [0.15, 0.2) is 12.1 Å². The van der Waals surface area contributed by atoms with E-state index in [4.69, 9.17) is 5.73 Å². The SMILES string of the molecule is Cc1cc(N2CCC(C)CC2C)c(C(C)N)cc1F. The lowest BCUT2D eigenvalue weighted by Crippen LogP contribution is -2.41. The monoisotopic (exact) mass is 264 g/mol. The van der Waals surface area contributed by atoms with E-state index >= 15 is 0 Å². The van der Waals surface area contributed by atoms with Gasteiger partial charge in [-0.1, -0.05) is 6.92 Å². The molecule has 3 atom stereocenters. The molecule has 0 aliphatic carbocycles. The van der Waals surface area contributed by atoms with E-state index in [1.807, 2.05) is 19.9 Å².